The van der Waals surface area contributed by atoms with E-state index in [-0.39, 0.29) is 23.6 Å². The number of aromatic hydroxyl groups is 2. The number of benzene rings is 1. The molecular formula is C20H21N3O3. The molecule has 0 fully saturated rings. The zero-order valence-corrected chi connectivity index (χ0v) is 14.7. The molecule has 0 aliphatic heterocycles. The molecule has 0 bridgehead atoms. The quantitative estimate of drug-likeness (QED) is 0.332. The van der Waals surface area contributed by atoms with Crippen LogP contribution in [0, 0.1) is 11.3 Å². The Bertz CT molecular complexity index is 822. The molecule has 3 N–H and O–H groups in total. The number of phenols is 2. The maximum atomic E-state index is 12.0. The van der Waals surface area contributed by atoms with E-state index in [2.05, 4.69) is 10.3 Å². The highest BCUT2D eigenvalue weighted by Crippen LogP contribution is 2.25. The van der Waals surface area contributed by atoms with Crippen molar-refractivity contribution in [1.82, 2.24) is 10.3 Å². The molecule has 1 heterocycles. The van der Waals surface area contributed by atoms with Crippen LogP contribution in [0.2, 0.25) is 0 Å². The first-order chi connectivity index (χ1) is 12.6. The Kier molecular flexibility index (Phi) is 8.69. The van der Waals surface area contributed by atoms with E-state index in [1.54, 1.807) is 30.5 Å². The first kappa shape index (κ1) is 20.5. The van der Waals surface area contributed by atoms with Gasteiger partial charge in [0.15, 0.2) is 11.5 Å². The van der Waals surface area contributed by atoms with Crippen molar-refractivity contribution in [2.45, 2.75) is 20.4 Å². The second kappa shape index (κ2) is 11.0. The van der Waals surface area contributed by atoms with Crippen molar-refractivity contribution in [2.24, 2.45) is 0 Å². The number of pyridine rings is 1. The third-order valence-electron chi connectivity index (χ3n) is 3.07. The Morgan fingerprint density at radius 1 is 1.23 bits per heavy atom. The first-order valence-electron chi connectivity index (χ1n) is 8.08. The highest BCUT2D eigenvalue weighted by molar-refractivity contribution is 5.97. The minimum Gasteiger partial charge on any atom is -0.504 e. The number of aromatic nitrogens is 1. The van der Waals surface area contributed by atoms with Crippen molar-refractivity contribution in [3.05, 3.63) is 71.6 Å². The number of carbonyl (C=O) groups is 1. The van der Waals surface area contributed by atoms with Gasteiger partial charge in [0.2, 0.25) is 0 Å². The predicted molar refractivity (Wildman–Crippen MR) is 99.9 cm³/mol. The zero-order chi connectivity index (χ0) is 19.4. The Morgan fingerprint density at radius 3 is 2.62 bits per heavy atom. The fourth-order valence-electron chi connectivity index (χ4n) is 1.83. The minimum absolute atomic E-state index is 0.0508. The van der Waals surface area contributed by atoms with Crippen LogP contribution in [0.25, 0.3) is 6.08 Å². The van der Waals surface area contributed by atoms with Gasteiger partial charge in [-0.1, -0.05) is 38.1 Å². The molecule has 0 saturated carbocycles. The molecule has 0 unspecified atom stereocenters. The summed E-state index contributed by atoms with van der Waals surface area (Å²) in [7, 11) is 0. The number of hydrogen-bond acceptors (Lipinski definition) is 5. The van der Waals surface area contributed by atoms with Gasteiger partial charge in [-0.15, -0.1) is 0 Å². The van der Waals surface area contributed by atoms with E-state index in [4.69, 9.17) is 5.26 Å². The summed E-state index contributed by atoms with van der Waals surface area (Å²) in [6.07, 6.45) is 6.11. The smallest absolute Gasteiger partial charge is 0.262 e. The van der Waals surface area contributed by atoms with Crippen LogP contribution in [0.5, 0.6) is 11.5 Å². The highest BCUT2D eigenvalue weighted by Gasteiger charge is 2.07. The largest absolute Gasteiger partial charge is 0.504 e. The van der Waals surface area contributed by atoms with E-state index in [9.17, 15) is 15.0 Å². The standard InChI is InChI=1S/C18H15N3O3.C2H6/c19-11-14(18(24)21-12-15-6-1-2-9-20-15)5-3-4-13-7-8-16(22)17(23)10-13;1-2/h1-10,22-23H,12H2,(H,21,24);1-2H3/b4-3+,14-5+;. The lowest BCUT2D eigenvalue weighted by atomic mass is 10.1. The molecule has 0 aliphatic rings. The lowest BCUT2D eigenvalue weighted by Gasteiger charge is -2.02. The molecule has 26 heavy (non-hydrogen) atoms. The molecule has 2 aromatic rings. The summed E-state index contributed by atoms with van der Waals surface area (Å²) >= 11 is 0. The lowest BCUT2D eigenvalue weighted by molar-refractivity contribution is -0.117. The monoisotopic (exact) mass is 351 g/mol. The van der Waals surface area contributed by atoms with Crippen LogP contribution < -0.4 is 5.32 Å². The Balaban J connectivity index is 0.00000163. The van der Waals surface area contributed by atoms with Crippen molar-refractivity contribution in [3.8, 4) is 17.6 Å². The van der Waals surface area contributed by atoms with Crippen LogP contribution in [0.4, 0.5) is 0 Å². The number of nitriles is 1. The van der Waals surface area contributed by atoms with Crippen LogP contribution in [-0.2, 0) is 11.3 Å². The summed E-state index contributed by atoms with van der Waals surface area (Å²) < 4.78 is 0. The summed E-state index contributed by atoms with van der Waals surface area (Å²) in [5, 5.41) is 30.3. The number of rotatable bonds is 5. The molecule has 6 nitrogen and oxygen atoms in total. The molecule has 6 heteroatoms. The van der Waals surface area contributed by atoms with Crippen LogP contribution in [-0.4, -0.2) is 21.1 Å². The van der Waals surface area contributed by atoms with Crippen LogP contribution in [0.1, 0.15) is 25.1 Å². The van der Waals surface area contributed by atoms with E-state index in [0.29, 0.717) is 11.3 Å². The average Bonchev–Trinajstić information content (AvgIpc) is 2.68. The van der Waals surface area contributed by atoms with Gasteiger partial charge in [-0.05, 0) is 35.9 Å². The van der Waals surface area contributed by atoms with Gasteiger partial charge in [0, 0.05) is 6.20 Å². The second-order valence-corrected chi connectivity index (χ2v) is 4.80. The van der Waals surface area contributed by atoms with Crippen molar-refractivity contribution >= 4 is 12.0 Å². The molecule has 0 saturated heterocycles. The molecule has 1 aromatic carbocycles. The summed E-state index contributed by atoms with van der Waals surface area (Å²) in [6.45, 7) is 4.23. The van der Waals surface area contributed by atoms with Crippen molar-refractivity contribution in [3.63, 3.8) is 0 Å². The number of phenolic OH excluding ortho intramolecular Hbond substituents is 2. The van der Waals surface area contributed by atoms with E-state index >= 15 is 0 Å². The third kappa shape index (κ3) is 6.49. The average molecular weight is 351 g/mol. The molecule has 134 valence electrons. The topological polar surface area (TPSA) is 106 Å². The van der Waals surface area contributed by atoms with Gasteiger partial charge < -0.3 is 15.5 Å². The summed E-state index contributed by atoms with van der Waals surface area (Å²) in [5.41, 5.74) is 1.26. The van der Waals surface area contributed by atoms with E-state index in [0.717, 1.165) is 0 Å². The SMILES string of the molecule is CC.N#C/C(=C\C=C\c1ccc(O)c(O)c1)C(=O)NCc1ccccn1. The summed E-state index contributed by atoms with van der Waals surface area (Å²) in [5.74, 6) is -0.953. The van der Waals surface area contributed by atoms with Gasteiger partial charge in [0.1, 0.15) is 11.6 Å². The number of nitrogens with one attached hydrogen (secondary N) is 1. The number of amides is 1. The molecule has 0 radical (unpaired) electrons. The molecule has 2 rings (SSSR count). The van der Waals surface area contributed by atoms with Gasteiger partial charge in [0.25, 0.3) is 5.91 Å². The fourth-order valence-corrected chi connectivity index (χ4v) is 1.83. The van der Waals surface area contributed by atoms with E-state index in [1.807, 2.05) is 26.0 Å². The fraction of sp³-hybridized carbons (Fsp3) is 0.150. The molecular weight excluding hydrogens is 330 g/mol. The van der Waals surface area contributed by atoms with Crippen LogP contribution in [0.3, 0.4) is 0 Å². The maximum Gasteiger partial charge on any atom is 0.262 e. The third-order valence-corrected chi connectivity index (χ3v) is 3.07. The molecule has 0 spiro atoms. The maximum absolute atomic E-state index is 12.0. The first-order valence-corrected chi connectivity index (χ1v) is 8.08. The Morgan fingerprint density at radius 2 is 2.00 bits per heavy atom. The van der Waals surface area contributed by atoms with Crippen molar-refractivity contribution in [2.75, 3.05) is 0 Å². The minimum atomic E-state index is -0.499. The lowest BCUT2D eigenvalue weighted by Crippen LogP contribution is -2.24. The number of allylic oxidation sites excluding steroid dienone is 2. The van der Waals surface area contributed by atoms with Gasteiger partial charge in [-0.25, -0.2) is 0 Å². The van der Waals surface area contributed by atoms with Crippen molar-refractivity contribution < 1.29 is 15.0 Å². The number of carbonyl (C=O) groups excluding carboxylic acids is 1. The Hall–Kier alpha value is -3.59. The Labute approximate surface area is 152 Å². The normalized spacial score (nSPS) is 10.6. The molecule has 1 aromatic heterocycles. The summed E-state index contributed by atoms with van der Waals surface area (Å²) in [6, 6.07) is 11.5. The molecule has 1 amide bonds. The van der Waals surface area contributed by atoms with Gasteiger partial charge in [-0.3, -0.25) is 9.78 Å². The van der Waals surface area contributed by atoms with Crippen molar-refractivity contribution in [1.29, 1.82) is 5.26 Å². The molecule has 0 atom stereocenters. The second-order valence-electron chi connectivity index (χ2n) is 4.80. The molecule has 0 aliphatic carbocycles. The zero-order valence-electron chi connectivity index (χ0n) is 14.7. The summed E-state index contributed by atoms with van der Waals surface area (Å²) in [4.78, 5) is 16.0. The number of nitrogens with zero attached hydrogens (tertiary/aromatic N) is 2. The van der Waals surface area contributed by atoms with E-state index < -0.39 is 5.91 Å². The van der Waals surface area contributed by atoms with Crippen LogP contribution in [0.15, 0.2) is 60.3 Å². The van der Waals surface area contributed by atoms with Gasteiger partial charge in [-0.2, -0.15) is 5.26 Å². The highest BCUT2D eigenvalue weighted by atomic mass is 16.3. The van der Waals surface area contributed by atoms with Gasteiger partial charge in [0.05, 0.1) is 12.2 Å². The predicted octanol–water partition coefficient (Wildman–Crippen LogP) is 3.30. The number of hydrogen-bond donors (Lipinski definition) is 3. The van der Waals surface area contributed by atoms with Gasteiger partial charge >= 0.3 is 0 Å². The van der Waals surface area contributed by atoms with E-state index in [1.165, 1.54) is 24.3 Å². The van der Waals surface area contributed by atoms with Crippen LogP contribution >= 0.6 is 0 Å².